The van der Waals surface area contributed by atoms with Crippen LogP contribution >= 0.6 is 12.4 Å². The number of rotatable bonds is 2. The van der Waals surface area contributed by atoms with Gasteiger partial charge in [0.2, 0.25) is 5.91 Å². The number of benzene rings is 1. The lowest BCUT2D eigenvalue weighted by Crippen LogP contribution is -2.37. The van der Waals surface area contributed by atoms with Crippen molar-refractivity contribution in [3.8, 4) is 0 Å². The molecule has 2 N–H and O–H groups in total. The van der Waals surface area contributed by atoms with Crippen LogP contribution in [-0.4, -0.2) is 19.0 Å². The molecule has 0 aliphatic carbocycles. The summed E-state index contributed by atoms with van der Waals surface area (Å²) in [5.74, 6) is -0.408. The van der Waals surface area contributed by atoms with Gasteiger partial charge >= 0.3 is 6.18 Å². The summed E-state index contributed by atoms with van der Waals surface area (Å²) in [7, 11) is 0. The van der Waals surface area contributed by atoms with Gasteiger partial charge in [-0.1, -0.05) is 6.07 Å². The minimum atomic E-state index is -4.40. The molecule has 1 saturated heterocycles. The van der Waals surface area contributed by atoms with Crippen molar-refractivity contribution in [3.05, 3.63) is 29.8 Å². The summed E-state index contributed by atoms with van der Waals surface area (Å²) in [6.07, 6.45) is -2.73. The number of piperidine rings is 1. The predicted octanol–water partition coefficient (Wildman–Crippen LogP) is 3.07. The maximum atomic E-state index is 12.5. The van der Waals surface area contributed by atoms with Crippen LogP contribution in [0.15, 0.2) is 24.3 Å². The molecule has 0 aromatic heterocycles. The number of alkyl halides is 3. The second kappa shape index (κ2) is 6.95. The predicted molar refractivity (Wildman–Crippen MR) is 72.9 cm³/mol. The average Bonchev–Trinajstić information content (AvgIpc) is 2.39. The van der Waals surface area contributed by atoms with Gasteiger partial charge in [0.15, 0.2) is 0 Å². The van der Waals surface area contributed by atoms with E-state index < -0.39 is 11.7 Å². The molecular formula is C13H16ClF3N2O. The van der Waals surface area contributed by atoms with Crippen LogP contribution in [0.1, 0.15) is 18.4 Å². The third-order valence-corrected chi connectivity index (χ3v) is 3.13. The first kappa shape index (κ1) is 16.8. The van der Waals surface area contributed by atoms with Crippen molar-refractivity contribution in [1.29, 1.82) is 0 Å². The molecule has 1 amide bonds. The Morgan fingerprint density at radius 2 is 2.10 bits per heavy atom. The molecule has 1 aliphatic heterocycles. The standard InChI is InChI=1S/C13H15F3N2O.ClH/c14-13(15,16)10-4-1-5-11(7-10)18-12(19)9-3-2-6-17-8-9;/h1,4-5,7,9,17H,2-3,6,8H2,(H,18,19);1H/t9-;/m1./s1. The molecule has 0 unspecified atom stereocenters. The number of hydrogen-bond donors (Lipinski definition) is 2. The Labute approximate surface area is 121 Å². The molecule has 1 heterocycles. The normalized spacial score (nSPS) is 19.1. The Morgan fingerprint density at radius 3 is 2.70 bits per heavy atom. The first-order valence-corrected chi connectivity index (χ1v) is 6.15. The first-order chi connectivity index (χ1) is 8.97. The molecule has 1 aromatic carbocycles. The van der Waals surface area contributed by atoms with E-state index in [1.165, 1.54) is 12.1 Å². The number of nitrogens with one attached hydrogen (secondary N) is 2. The van der Waals surface area contributed by atoms with Crippen LogP contribution in [0, 0.1) is 5.92 Å². The lowest BCUT2D eigenvalue weighted by atomic mass is 9.99. The lowest BCUT2D eigenvalue weighted by molar-refractivity contribution is -0.137. The largest absolute Gasteiger partial charge is 0.416 e. The van der Waals surface area contributed by atoms with Gasteiger partial charge in [0.05, 0.1) is 11.5 Å². The summed E-state index contributed by atoms with van der Waals surface area (Å²) in [6, 6.07) is 4.69. The Morgan fingerprint density at radius 1 is 1.35 bits per heavy atom. The van der Waals surface area contributed by atoms with Gasteiger partial charge in [-0.05, 0) is 37.6 Å². The van der Waals surface area contributed by atoms with Gasteiger partial charge in [0.25, 0.3) is 0 Å². The van der Waals surface area contributed by atoms with Gasteiger partial charge in [-0.15, -0.1) is 12.4 Å². The van der Waals surface area contributed by atoms with Crippen molar-refractivity contribution in [2.75, 3.05) is 18.4 Å². The molecule has 1 aliphatic rings. The van der Waals surface area contributed by atoms with E-state index in [-0.39, 0.29) is 29.9 Å². The fraction of sp³-hybridized carbons (Fsp3) is 0.462. The summed E-state index contributed by atoms with van der Waals surface area (Å²) < 4.78 is 37.6. The summed E-state index contributed by atoms with van der Waals surface area (Å²) in [4.78, 5) is 11.9. The molecule has 0 saturated carbocycles. The Bertz CT molecular complexity index is 459. The van der Waals surface area contributed by atoms with Gasteiger partial charge in [0.1, 0.15) is 0 Å². The molecule has 3 nitrogen and oxygen atoms in total. The van der Waals surface area contributed by atoms with Crippen molar-refractivity contribution in [3.63, 3.8) is 0 Å². The Balaban J connectivity index is 0.00000200. The molecule has 112 valence electrons. The second-order valence-electron chi connectivity index (χ2n) is 4.61. The number of halogens is 4. The van der Waals surface area contributed by atoms with Crippen LogP contribution in [0.4, 0.5) is 18.9 Å². The Hall–Kier alpha value is -1.27. The third-order valence-electron chi connectivity index (χ3n) is 3.13. The molecule has 1 atom stereocenters. The van der Waals surface area contributed by atoms with Gasteiger partial charge < -0.3 is 10.6 Å². The van der Waals surface area contributed by atoms with Crippen LogP contribution in [0.2, 0.25) is 0 Å². The number of carbonyl (C=O) groups excluding carboxylic acids is 1. The van der Waals surface area contributed by atoms with Gasteiger partial charge in [-0.2, -0.15) is 13.2 Å². The van der Waals surface area contributed by atoms with E-state index in [0.29, 0.717) is 6.54 Å². The highest BCUT2D eigenvalue weighted by Crippen LogP contribution is 2.30. The maximum absolute atomic E-state index is 12.5. The van der Waals surface area contributed by atoms with E-state index in [9.17, 15) is 18.0 Å². The minimum Gasteiger partial charge on any atom is -0.326 e. The van der Waals surface area contributed by atoms with Crippen LogP contribution in [0.3, 0.4) is 0 Å². The molecule has 1 fully saturated rings. The molecular weight excluding hydrogens is 293 g/mol. The highest BCUT2D eigenvalue weighted by Gasteiger charge is 2.30. The molecule has 0 spiro atoms. The summed E-state index contributed by atoms with van der Waals surface area (Å²) in [5, 5.41) is 5.64. The number of anilines is 1. The van der Waals surface area contributed by atoms with E-state index in [4.69, 9.17) is 0 Å². The molecule has 0 bridgehead atoms. The third kappa shape index (κ3) is 4.38. The van der Waals surface area contributed by atoms with Crippen LogP contribution in [0.25, 0.3) is 0 Å². The van der Waals surface area contributed by atoms with Crippen molar-refractivity contribution in [2.24, 2.45) is 5.92 Å². The number of hydrogen-bond acceptors (Lipinski definition) is 2. The SMILES string of the molecule is Cl.O=C(Nc1cccc(C(F)(F)F)c1)[C@@H]1CCCNC1. The first-order valence-electron chi connectivity index (χ1n) is 6.15. The van der Waals surface area contributed by atoms with Crippen LogP contribution < -0.4 is 10.6 Å². The van der Waals surface area contributed by atoms with E-state index in [1.54, 1.807) is 0 Å². The fourth-order valence-electron chi connectivity index (χ4n) is 2.09. The Kier molecular flexibility index (Phi) is 5.83. The van der Waals surface area contributed by atoms with Gasteiger partial charge in [0, 0.05) is 12.2 Å². The quantitative estimate of drug-likeness (QED) is 0.881. The summed E-state index contributed by atoms with van der Waals surface area (Å²) in [5.41, 5.74) is -0.572. The van der Waals surface area contributed by atoms with Crippen LogP contribution in [-0.2, 0) is 11.0 Å². The highest BCUT2D eigenvalue weighted by molar-refractivity contribution is 5.92. The van der Waals surface area contributed by atoms with Crippen LogP contribution in [0.5, 0.6) is 0 Å². The fourth-order valence-corrected chi connectivity index (χ4v) is 2.09. The number of carbonyl (C=O) groups is 1. The zero-order valence-corrected chi connectivity index (χ0v) is 11.5. The molecule has 20 heavy (non-hydrogen) atoms. The van der Waals surface area contributed by atoms with E-state index in [0.717, 1.165) is 31.5 Å². The van der Waals surface area contributed by atoms with Gasteiger partial charge in [-0.3, -0.25) is 4.79 Å². The molecule has 0 radical (unpaired) electrons. The van der Waals surface area contributed by atoms with E-state index in [1.807, 2.05) is 0 Å². The smallest absolute Gasteiger partial charge is 0.326 e. The summed E-state index contributed by atoms with van der Waals surface area (Å²) in [6.45, 7) is 1.46. The molecule has 7 heteroatoms. The van der Waals surface area contributed by atoms with E-state index in [2.05, 4.69) is 10.6 Å². The molecule has 1 aromatic rings. The number of amides is 1. The topological polar surface area (TPSA) is 41.1 Å². The lowest BCUT2D eigenvalue weighted by Gasteiger charge is -2.22. The monoisotopic (exact) mass is 308 g/mol. The maximum Gasteiger partial charge on any atom is 0.416 e. The highest BCUT2D eigenvalue weighted by atomic mass is 35.5. The molecule has 2 rings (SSSR count). The zero-order valence-electron chi connectivity index (χ0n) is 10.7. The van der Waals surface area contributed by atoms with Crippen molar-refractivity contribution >= 4 is 24.0 Å². The second-order valence-corrected chi connectivity index (χ2v) is 4.61. The minimum absolute atomic E-state index is 0. The summed E-state index contributed by atoms with van der Waals surface area (Å²) >= 11 is 0. The van der Waals surface area contributed by atoms with E-state index >= 15 is 0 Å². The van der Waals surface area contributed by atoms with Crippen molar-refractivity contribution < 1.29 is 18.0 Å². The average molecular weight is 309 g/mol. The zero-order chi connectivity index (χ0) is 13.9. The van der Waals surface area contributed by atoms with Crippen molar-refractivity contribution in [1.82, 2.24) is 5.32 Å². The van der Waals surface area contributed by atoms with Crippen molar-refractivity contribution in [2.45, 2.75) is 19.0 Å². The van der Waals surface area contributed by atoms with Gasteiger partial charge in [-0.25, -0.2) is 0 Å².